The molecule has 3 rings (SSSR count). The smallest absolute Gasteiger partial charge is 0.306 e. The fraction of sp³-hybridized carbons (Fsp3) is 0.529. The Morgan fingerprint density at radius 2 is 1.81 bits per heavy atom. The van der Waals surface area contributed by atoms with E-state index in [0.29, 0.717) is 44.2 Å². The largest absolute Gasteiger partial charge is 0.481 e. The first-order valence-electron chi connectivity index (χ1n) is 7.70. The third kappa shape index (κ3) is 3.26. The number of carbonyl (C=O) groups excluding carboxylic acids is 1. The normalized spacial score (nSPS) is 25.6. The minimum atomic E-state index is -0.728. The molecule has 1 aromatic carbocycles. The number of benzene rings is 1. The molecule has 0 spiro atoms. The number of carboxylic acids is 1. The molecule has 4 heteroatoms. The van der Waals surface area contributed by atoms with Crippen molar-refractivity contribution in [2.45, 2.75) is 31.6 Å². The fourth-order valence-electron chi connectivity index (χ4n) is 3.31. The lowest BCUT2D eigenvalue weighted by atomic mass is 9.96. The maximum Gasteiger partial charge on any atom is 0.306 e. The second kappa shape index (κ2) is 5.88. The summed E-state index contributed by atoms with van der Waals surface area (Å²) < 4.78 is 0. The molecule has 0 bridgehead atoms. The van der Waals surface area contributed by atoms with Gasteiger partial charge in [0.25, 0.3) is 0 Å². The van der Waals surface area contributed by atoms with Gasteiger partial charge in [-0.15, -0.1) is 0 Å². The van der Waals surface area contributed by atoms with Gasteiger partial charge in [0.1, 0.15) is 0 Å². The predicted molar refractivity (Wildman–Crippen MR) is 78.8 cm³/mol. The van der Waals surface area contributed by atoms with Crippen LogP contribution in [0.15, 0.2) is 30.3 Å². The average molecular weight is 287 g/mol. The molecule has 21 heavy (non-hydrogen) atoms. The SMILES string of the molecule is O=C(O)C1CCN(C(=O)CC2CC2c2ccccc2)CC1. The Morgan fingerprint density at radius 1 is 1.14 bits per heavy atom. The molecule has 0 aromatic heterocycles. The molecule has 1 aliphatic carbocycles. The summed E-state index contributed by atoms with van der Waals surface area (Å²) in [5.41, 5.74) is 1.33. The molecule has 2 aliphatic rings. The highest BCUT2D eigenvalue weighted by Crippen LogP contribution is 2.49. The van der Waals surface area contributed by atoms with Crippen LogP contribution in [0.4, 0.5) is 0 Å². The number of aliphatic carboxylic acids is 1. The molecule has 2 unspecified atom stereocenters. The van der Waals surface area contributed by atoms with E-state index in [0.717, 1.165) is 6.42 Å². The van der Waals surface area contributed by atoms with Crippen LogP contribution in [-0.4, -0.2) is 35.0 Å². The molecule has 2 fully saturated rings. The van der Waals surface area contributed by atoms with Crippen LogP contribution < -0.4 is 0 Å². The molecule has 1 heterocycles. The molecule has 1 saturated heterocycles. The Morgan fingerprint density at radius 3 is 2.43 bits per heavy atom. The predicted octanol–water partition coefficient (Wildman–Crippen LogP) is 2.50. The van der Waals surface area contributed by atoms with Gasteiger partial charge in [0.05, 0.1) is 5.92 Å². The molecule has 0 radical (unpaired) electrons. The van der Waals surface area contributed by atoms with E-state index >= 15 is 0 Å². The Balaban J connectivity index is 1.47. The van der Waals surface area contributed by atoms with Gasteiger partial charge in [-0.2, -0.15) is 0 Å². The molecule has 4 nitrogen and oxygen atoms in total. The summed E-state index contributed by atoms with van der Waals surface area (Å²) in [6.07, 6.45) is 2.89. The van der Waals surface area contributed by atoms with Crippen molar-refractivity contribution in [3.05, 3.63) is 35.9 Å². The number of nitrogens with zero attached hydrogens (tertiary/aromatic N) is 1. The standard InChI is InChI=1S/C17H21NO3/c19-16(18-8-6-13(7-9-18)17(20)21)11-14-10-15(14)12-4-2-1-3-5-12/h1-5,13-15H,6-11H2,(H,20,21). The highest BCUT2D eigenvalue weighted by Gasteiger charge is 2.40. The number of carbonyl (C=O) groups is 2. The summed E-state index contributed by atoms with van der Waals surface area (Å²) in [6, 6.07) is 10.4. The molecule has 1 amide bonds. The van der Waals surface area contributed by atoms with Gasteiger partial charge in [0, 0.05) is 19.5 Å². The summed E-state index contributed by atoms with van der Waals surface area (Å²) in [5.74, 6) is 0.201. The highest BCUT2D eigenvalue weighted by molar-refractivity contribution is 5.77. The van der Waals surface area contributed by atoms with E-state index in [-0.39, 0.29) is 11.8 Å². The van der Waals surface area contributed by atoms with E-state index in [1.165, 1.54) is 5.56 Å². The zero-order chi connectivity index (χ0) is 14.8. The van der Waals surface area contributed by atoms with Crippen molar-refractivity contribution in [1.29, 1.82) is 0 Å². The van der Waals surface area contributed by atoms with Crippen molar-refractivity contribution in [3.8, 4) is 0 Å². The maximum atomic E-state index is 12.3. The first kappa shape index (κ1) is 14.1. The minimum absolute atomic E-state index is 0.197. The first-order chi connectivity index (χ1) is 10.1. The zero-order valence-corrected chi connectivity index (χ0v) is 12.1. The minimum Gasteiger partial charge on any atom is -0.481 e. The number of likely N-dealkylation sites (tertiary alicyclic amines) is 1. The van der Waals surface area contributed by atoms with Crippen LogP contribution in [0.1, 0.15) is 37.2 Å². The van der Waals surface area contributed by atoms with Crippen molar-refractivity contribution in [3.63, 3.8) is 0 Å². The average Bonchev–Trinajstić information content (AvgIpc) is 3.27. The van der Waals surface area contributed by atoms with Gasteiger partial charge in [-0.1, -0.05) is 30.3 Å². The van der Waals surface area contributed by atoms with Crippen LogP contribution in [0.2, 0.25) is 0 Å². The Bertz CT molecular complexity index is 520. The van der Waals surface area contributed by atoms with Gasteiger partial charge in [0.15, 0.2) is 0 Å². The van der Waals surface area contributed by atoms with E-state index in [4.69, 9.17) is 5.11 Å². The first-order valence-corrected chi connectivity index (χ1v) is 7.70. The maximum absolute atomic E-state index is 12.3. The topological polar surface area (TPSA) is 57.6 Å². The summed E-state index contributed by atoms with van der Waals surface area (Å²) in [7, 11) is 0. The van der Waals surface area contributed by atoms with Gasteiger partial charge in [-0.05, 0) is 36.7 Å². The number of hydrogen-bond acceptors (Lipinski definition) is 2. The number of hydrogen-bond donors (Lipinski definition) is 1. The lowest BCUT2D eigenvalue weighted by Crippen LogP contribution is -2.40. The monoisotopic (exact) mass is 287 g/mol. The number of piperidine rings is 1. The highest BCUT2D eigenvalue weighted by atomic mass is 16.4. The molecule has 1 aromatic rings. The molecule has 1 saturated carbocycles. The van der Waals surface area contributed by atoms with E-state index < -0.39 is 5.97 Å². The van der Waals surface area contributed by atoms with Crippen molar-refractivity contribution in [1.82, 2.24) is 4.90 Å². The molecule has 1 aliphatic heterocycles. The second-order valence-electron chi connectivity index (χ2n) is 6.21. The van der Waals surface area contributed by atoms with Gasteiger partial charge >= 0.3 is 5.97 Å². The van der Waals surface area contributed by atoms with E-state index in [1.54, 1.807) is 0 Å². The third-order valence-corrected chi connectivity index (χ3v) is 4.78. The molecular weight excluding hydrogens is 266 g/mol. The van der Waals surface area contributed by atoms with Gasteiger partial charge in [-0.25, -0.2) is 0 Å². The summed E-state index contributed by atoms with van der Waals surface area (Å²) in [4.78, 5) is 25.0. The Hall–Kier alpha value is -1.84. The molecular formula is C17H21NO3. The van der Waals surface area contributed by atoms with Gasteiger partial charge < -0.3 is 10.0 Å². The summed E-state index contributed by atoms with van der Waals surface area (Å²) in [5, 5.41) is 8.98. The lowest BCUT2D eigenvalue weighted by Gasteiger charge is -2.30. The van der Waals surface area contributed by atoms with Crippen molar-refractivity contribution < 1.29 is 14.7 Å². The van der Waals surface area contributed by atoms with Crippen molar-refractivity contribution >= 4 is 11.9 Å². The van der Waals surface area contributed by atoms with Gasteiger partial charge in [-0.3, -0.25) is 9.59 Å². The van der Waals surface area contributed by atoms with Crippen LogP contribution in [0.5, 0.6) is 0 Å². The third-order valence-electron chi connectivity index (χ3n) is 4.78. The van der Waals surface area contributed by atoms with Crippen LogP contribution >= 0.6 is 0 Å². The lowest BCUT2D eigenvalue weighted by molar-refractivity contribution is -0.145. The van der Waals surface area contributed by atoms with E-state index in [9.17, 15) is 9.59 Å². The Labute approximate surface area is 124 Å². The zero-order valence-electron chi connectivity index (χ0n) is 12.1. The van der Waals surface area contributed by atoms with Crippen LogP contribution in [-0.2, 0) is 9.59 Å². The van der Waals surface area contributed by atoms with Gasteiger partial charge in [0.2, 0.25) is 5.91 Å². The quantitative estimate of drug-likeness (QED) is 0.925. The Kier molecular flexibility index (Phi) is 3.95. The van der Waals surface area contributed by atoms with Crippen molar-refractivity contribution in [2.24, 2.45) is 11.8 Å². The summed E-state index contributed by atoms with van der Waals surface area (Å²) >= 11 is 0. The number of carboxylic acid groups (broad SMARTS) is 1. The fourth-order valence-corrected chi connectivity index (χ4v) is 3.31. The van der Waals surface area contributed by atoms with Crippen molar-refractivity contribution in [2.75, 3.05) is 13.1 Å². The van der Waals surface area contributed by atoms with E-state index in [2.05, 4.69) is 12.1 Å². The van der Waals surface area contributed by atoms with Crippen LogP contribution in [0.25, 0.3) is 0 Å². The second-order valence-corrected chi connectivity index (χ2v) is 6.21. The van der Waals surface area contributed by atoms with Crippen LogP contribution in [0, 0.1) is 11.8 Å². The number of amides is 1. The van der Waals surface area contributed by atoms with E-state index in [1.807, 2.05) is 23.1 Å². The molecule has 112 valence electrons. The van der Waals surface area contributed by atoms with Crippen LogP contribution in [0.3, 0.4) is 0 Å². The molecule has 1 N–H and O–H groups in total. The molecule has 2 atom stereocenters. The summed E-state index contributed by atoms with van der Waals surface area (Å²) in [6.45, 7) is 1.19. The number of rotatable bonds is 4.